The van der Waals surface area contributed by atoms with E-state index in [0.29, 0.717) is 30.3 Å². The van der Waals surface area contributed by atoms with Crippen molar-refractivity contribution in [3.8, 4) is 0 Å². The summed E-state index contributed by atoms with van der Waals surface area (Å²) in [7, 11) is 0. The van der Waals surface area contributed by atoms with Crippen molar-refractivity contribution in [1.29, 1.82) is 0 Å². The summed E-state index contributed by atoms with van der Waals surface area (Å²) in [5.41, 5.74) is 6.21. The number of primary amides is 1. The van der Waals surface area contributed by atoms with Crippen LogP contribution in [0.1, 0.15) is 44.6 Å². The molecule has 1 fully saturated rings. The lowest BCUT2D eigenvalue weighted by atomic mass is 9.97. The summed E-state index contributed by atoms with van der Waals surface area (Å²) < 4.78 is 1.38. The zero-order valence-corrected chi connectivity index (χ0v) is 14.1. The fraction of sp³-hybridized carbons (Fsp3) is 0.312. The van der Waals surface area contributed by atoms with Crippen molar-refractivity contribution >= 4 is 28.8 Å². The average Bonchev–Trinajstić information content (AvgIpc) is 3.30. The number of thiazole rings is 1. The lowest BCUT2D eigenvalue weighted by Crippen LogP contribution is -2.38. The Morgan fingerprint density at radius 2 is 2.00 bits per heavy atom. The van der Waals surface area contributed by atoms with Crippen molar-refractivity contribution in [2.45, 2.75) is 18.8 Å². The van der Waals surface area contributed by atoms with E-state index in [1.54, 1.807) is 17.4 Å². The predicted molar refractivity (Wildman–Crippen MR) is 91.5 cm³/mol. The smallest absolute Gasteiger partial charge is 0.272 e. The lowest BCUT2D eigenvalue weighted by molar-refractivity contribution is 0.0703. The Morgan fingerprint density at radius 1 is 1.20 bits per heavy atom. The maximum absolute atomic E-state index is 12.9. The van der Waals surface area contributed by atoms with Gasteiger partial charge in [-0.05, 0) is 18.9 Å². The first-order valence-corrected chi connectivity index (χ1v) is 8.84. The second-order valence-electron chi connectivity index (χ2n) is 5.92. The molecule has 0 aliphatic carbocycles. The van der Waals surface area contributed by atoms with Crippen LogP contribution in [0, 0.1) is 0 Å². The molecule has 0 atom stereocenters. The van der Waals surface area contributed by atoms with E-state index in [4.69, 9.17) is 5.73 Å². The molecule has 2 amide bonds. The van der Waals surface area contributed by atoms with Gasteiger partial charge in [0.1, 0.15) is 11.3 Å². The molecule has 4 heterocycles. The van der Waals surface area contributed by atoms with E-state index in [1.165, 1.54) is 16.9 Å². The van der Waals surface area contributed by atoms with Crippen LogP contribution in [0.2, 0.25) is 0 Å². The van der Waals surface area contributed by atoms with Gasteiger partial charge in [0.2, 0.25) is 0 Å². The largest absolute Gasteiger partial charge is 0.365 e. The minimum absolute atomic E-state index is 0.121. The SMILES string of the molecule is NC(=O)c1cnn2c(C(=O)N3CCC(c4nccs4)CC3)ccnc12. The van der Waals surface area contributed by atoms with Crippen LogP contribution in [0.4, 0.5) is 0 Å². The van der Waals surface area contributed by atoms with Crippen LogP contribution in [0.5, 0.6) is 0 Å². The van der Waals surface area contributed by atoms with Crippen LogP contribution in [0.15, 0.2) is 30.0 Å². The first-order valence-electron chi connectivity index (χ1n) is 7.96. The summed E-state index contributed by atoms with van der Waals surface area (Å²) in [6.45, 7) is 1.33. The number of hydrogen-bond acceptors (Lipinski definition) is 6. The standard InChI is InChI=1S/C16H16N6O2S/c17-13(23)11-9-20-22-12(1-4-18-14(11)22)16(24)21-6-2-10(3-7-21)15-19-5-8-25-15/h1,4-5,8-10H,2-3,6-7H2,(H2,17,23). The second-order valence-corrected chi connectivity index (χ2v) is 6.85. The van der Waals surface area contributed by atoms with Crippen molar-refractivity contribution in [2.24, 2.45) is 5.73 Å². The summed E-state index contributed by atoms with van der Waals surface area (Å²) in [6.07, 6.45) is 6.44. The molecular weight excluding hydrogens is 340 g/mol. The molecule has 0 spiro atoms. The van der Waals surface area contributed by atoms with Gasteiger partial charge in [-0.3, -0.25) is 9.59 Å². The number of nitrogens with two attached hydrogens (primary N) is 1. The van der Waals surface area contributed by atoms with E-state index in [0.717, 1.165) is 17.8 Å². The third kappa shape index (κ3) is 2.76. The number of rotatable bonds is 3. The number of nitrogens with zero attached hydrogens (tertiary/aromatic N) is 5. The Hall–Kier alpha value is -2.81. The summed E-state index contributed by atoms with van der Waals surface area (Å²) in [5.74, 6) is -0.326. The minimum Gasteiger partial charge on any atom is -0.365 e. The Morgan fingerprint density at radius 3 is 2.68 bits per heavy atom. The number of hydrogen-bond donors (Lipinski definition) is 1. The topological polar surface area (TPSA) is 106 Å². The average molecular weight is 356 g/mol. The summed E-state index contributed by atoms with van der Waals surface area (Å²) in [6, 6.07) is 1.61. The lowest BCUT2D eigenvalue weighted by Gasteiger charge is -2.31. The van der Waals surface area contributed by atoms with Gasteiger partial charge in [0, 0.05) is 36.8 Å². The van der Waals surface area contributed by atoms with Gasteiger partial charge >= 0.3 is 0 Å². The van der Waals surface area contributed by atoms with Gasteiger partial charge in [-0.15, -0.1) is 11.3 Å². The van der Waals surface area contributed by atoms with Crippen molar-refractivity contribution < 1.29 is 9.59 Å². The Bertz CT molecular complexity index is 927. The van der Waals surface area contributed by atoms with Crippen molar-refractivity contribution in [1.82, 2.24) is 24.5 Å². The van der Waals surface area contributed by atoms with Gasteiger partial charge < -0.3 is 10.6 Å². The van der Waals surface area contributed by atoms with Crippen LogP contribution < -0.4 is 5.73 Å². The van der Waals surface area contributed by atoms with Gasteiger partial charge in [-0.1, -0.05) is 0 Å². The van der Waals surface area contributed by atoms with Crippen molar-refractivity contribution in [2.75, 3.05) is 13.1 Å². The van der Waals surface area contributed by atoms with Crippen LogP contribution in [-0.2, 0) is 0 Å². The molecule has 0 saturated carbocycles. The summed E-state index contributed by atoms with van der Waals surface area (Å²) in [5, 5.41) is 7.23. The number of carbonyl (C=O) groups excluding carboxylic acids is 2. The highest BCUT2D eigenvalue weighted by molar-refractivity contribution is 7.09. The maximum atomic E-state index is 12.9. The molecule has 4 rings (SSSR count). The molecule has 1 saturated heterocycles. The van der Waals surface area contributed by atoms with Crippen LogP contribution in [0.25, 0.3) is 5.65 Å². The van der Waals surface area contributed by atoms with Gasteiger partial charge in [0.25, 0.3) is 11.8 Å². The van der Waals surface area contributed by atoms with E-state index < -0.39 is 5.91 Å². The molecule has 3 aromatic rings. The third-order valence-electron chi connectivity index (χ3n) is 4.47. The molecule has 9 heteroatoms. The quantitative estimate of drug-likeness (QED) is 0.761. The minimum atomic E-state index is -0.614. The maximum Gasteiger partial charge on any atom is 0.272 e. The van der Waals surface area contributed by atoms with Gasteiger partial charge in [-0.2, -0.15) is 5.10 Å². The number of likely N-dealkylation sites (tertiary alicyclic amines) is 1. The predicted octanol–water partition coefficient (Wildman–Crippen LogP) is 1.30. The number of fused-ring (bicyclic) bond motifs is 1. The van der Waals surface area contributed by atoms with Gasteiger partial charge in [-0.25, -0.2) is 14.5 Å². The van der Waals surface area contributed by atoms with E-state index in [-0.39, 0.29) is 11.5 Å². The summed E-state index contributed by atoms with van der Waals surface area (Å²) >= 11 is 1.66. The van der Waals surface area contributed by atoms with Crippen LogP contribution in [-0.4, -0.2) is 49.4 Å². The van der Waals surface area contributed by atoms with Gasteiger partial charge in [0.15, 0.2) is 5.65 Å². The van der Waals surface area contributed by atoms with Crippen LogP contribution in [0.3, 0.4) is 0 Å². The number of aromatic nitrogens is 4. The fourth-order valence-electron chi connectivity index (χ4n) is 3.15. The molecule has 0 bridgehead atoms. The molecule has 0 aromatic carbocycles. The zero-order valence-electron chi connectivity index (χ0n) is 13.3. The molecule has 25 heavy (non-hydrogen) atoms. The molecule has 8 nitrogen and oxygen atoms in total. The molecule has 0 radical (unpaired) electrons. The summed E-state index contributed by atoms with van der Waals surface area (Å²) in [4.78, 5) is 34.6. The molecule has 3 aromatic heterocycles. The number of amides is 2. The first kappa shape index (κ1) is 15.7. The molecule has 0 unspecified atom stereocenters. The van der Waals surface area contributed by atoms with Crippen molar-refractivity contribution in [3.63, 3.8) is 0 Å². The van der Waals surface area contributed by atoms with Crippen molar-refractivity contribution in [3.05, 3.63) is 46.3 Å². The third-order valence-corrected chi connectivity index (χ3v) is 5.41. The molecule has 2 N–H and O–H groups in total. The monoisotopic (exact) mass is 356 g/mol. The second kappa shape index (κ2) is 6.25. The Kier molecular flexibility index (Phi) is 3.92. The highest BCUT2D eigenvalue weighted by Gasteiger charge is 2.27. The highest BCUT2D eigenvalue weighted by atomic mass is 32.1. The van der Waals surface area contributed by atoms with E-state index in [1.807, 2.05) is 16.5 Å². The molecule has 1 aliphatic heterocycles. The van der Waals surface area contributed by atoms with E-state index in [9.17, 15) is 9.59 Å². The van der Waals surface area contributed by atoms with E-state index >= 15 is 0 Å². The van der Waals surface area contributed by atoms with Gasteiger partial charge in [0.05, 0.1) is 11.2 Å². The normalized spacial score (nSPS) is 15.6. The first-order chi connectivity index (χ1) is 12.1. The molecular formula is C16H16N6O2S. The van der Waals surface area contributed by atoms with Crippen LogP contribution >= 0.6 is 11.3 Å². The molecule has 128 valence electrons. The highest BCUT2D eigenvalue weighted by Crippen LogP contribution is 2.29. The van der Waals surface area contributed by atoms with E-state index in [2.05, 4.69) is 15.1 Å². The zero-order chi connectivity index (χ0) is 17.4. The fourth-order valence-corrected chi connectivity index (χ4v) is 3.97. The molecule has 1 aliphatic rings. The Balaban J connectivity index is 1.56. The number of piperidine rings is 1. The number of carbonyl (C=O) groups is 2. The Labute approximate surface area is 147 Å².